The fourth-order valence-corrected chi connectivity index (χ4v) is 1.47. The molecular formula is C10H16N2. The van der Waals surface area contributed by atoms with E-state index >= 15 is 0 Å². The Morgan fingerprint density at radius 2 is 2.25 bits per heavy atom. The maximum absolute atomic E-state index is 4.11. The van der Waals surface area contributed by atoms with Gasteiger partial charge in [-0.3, -0.25) is 4.98 Å². The lowest BCUT2D eigenvalue weighted by Gasteiger charge is -2.22. The Hall–Kier alpha value is -0.890. The summed E-state index contributed by atoms with van der Waals surface area (Å²) in [5.41, 5.74) is 1.30. The predicted octanol–water partition coefficient (Wildman–Crippen LogP) is 2.09. The number of hydrogen-bond acceptors (Lipinski definition) is 2. The van der Waals surface area contributed by atoms with Gasteiger partial charge in [0.25, 0.3) is 0 Å². The number of aromatic nitrogens is 1. The molecule has 12 heavy (non-hydrogen) atoms. The molecule has 0 amide bonds. The quantitative estimate of drug-likeness (QED) is 0.680. The average Bonchev–Trinajstić information content (AvgIpc) is 2.07. The van der Waals surface area contributed by atoms with Crippen LogP contribution in [0.3, 0.4) is 0 Å². The first kappa shape index (κ1) is 9.20. The van der Waals surface area contributed by atoms with E-state index in [2.05, 4.69) is 37.0 Å². The van der Waals surface area contributed by atoms with Gasteiger partial charge in [-0.25, -0.2) is 0 Å². The lowest BCUT2D eigenvalue weighted by atomic mass is 10.1. The van der Waals surface area contributed by atoms with Crippen LogP contribution in [-0.2, 0) is 0 Å². The van der Waals surface area contributed by atoms with Gasteiger partial charge in [0.05, 0.1) is 0 Å². The normalized spacial score (nSPS) is 13.3. The Bertz CT molecular complexity index is 219. The smallest absolute Gasteiger partial charge is 0.0354 e. The van der Waals surface area contributed by atoms with Crippen LogP contribution in [0.2, 0.25) is 0 Å². The number of nitrogens with zero attached hydrogens (tertiary/aromatic N) is 2. The second kappa shape index (κ2) is 4.21. The van der Waals surface area contributed by atoms with Gasteiger partial charge in [0.1, 0.15) is 0 Å². The lowest BCUT2D eigenvalue weighted by molar-refractivity contribution is 0.291. The third kappa shape index (κ3) is 2.05. The van der Waals surface area contributed by atoms with Crippen molar-refractivity contribution in [3.8, 4) is 0 Å². The summed E-state index contributed by atoms with van der Waals surface area (Å²) in [6.45, 7) is 2.19. The molecule has 1 heterocycles. The second-order valence-electron chi connectivity index (χ2n) is 3.17. The SMILES string of the molecule is CCC(c1cccnc1)N(C)C. The van der Waals surface area contributed by atoms with Gasteiger partial charge in [-0.15, -0.1) is 0 Å². The van der Waals surface area contributed by atoms with Crippen LogP contribution in [-0.4, -0.2) is 24.0 Å². The van der Waals surface area contributed by atoms with Gasteiger partial charge in [0.2, 0.25) is 0 Å². The fraction of sp³-hybridized carbons (Fsp3) is 0.500. The first-order chi connectivity index (χ1) is 5.75. The van der Waals surface area contributed by atoms with Gasteiger partial charge in [0, 0.05) is 18.4 Å². The summed E-state index contributed by atoms with van der Waals surface area (Å²) in [6.07, 6.45) is 4.87. The molecule has 0 aromatic carbocycles. The van der Waals surface area contributed by atoms with Crippen molar-refractivity contribution in [1.29, 1.82) is 0 Å². The highest BCUT2D eigenvalue weighted by Crippen LogP contribution is 2.19. The van der Waals surface area contributed by atoms with Gasteiger partial charge in [-0.1, -0.05) is 13.0 Å². The van der Waals surface area contributed by atoms with Gasteiger partial charge in [0.15, 0.2) is 0 Å². The van der Waals surface area contributed by atoms with Crippen LogP contribution in [0.15, 0.2) is 24.5 Å². The molecule has 1 rings (SSSR count). The van der Waals surface area contributed by atoms with E-state index in [-0.39, 0.29) is 0 Å². The summed E-state index contributed by atoms with van der Waals surface area (Å²) in [5, 5.41) is 0. The predicted molar refractivity (Wildman–Crippen MR) is 51.0 cm³/mol. The lowest BCUT2D eigenvalue weighted by Crippen LogP contribution is -2.19. The molecule has 0 saturated heterocycles. The molecule has 0 aliphatic carbocycles. The number of pyridine rings is 1. The number of hydrogen-bond donors (Lipinski definition) is 0. The Labute approximate surface area is 74.2 Å². The molecular weight excluding hydrogens is 148 g/mol. The van der Waals surface area contributed by atoms with E-state index in [0.717, 1.165) is 6.42 Å². The molecule has 0 spiro atoms. The average molecular weight is 164 g/mol. The van der Waals surface area contributed by atoms with Crippen molar-refractivity contribution in [1.82, 2.24) is 9.88 Å². The molecule has 1 atom stereocenters. The maximum Gasteiger partial charge on any atom is 0.0354 e. The Morgan fingerprint density at radius 3 is 2.67 bits per heavy atom. The molecule has 1 aromatic heterocycles. The minimum Gasteiger partial charge on any atom is -0.302 e. The van der Waals surface area contributed by atoms with Crippen molar-refractivity contribution >= 4 is 0 Å². The minimum atomic E-state index is 0.499. The first-order valence-corrected chi connectivity index (χ1v) is 4.32. The summed E-state index contributed by atoms with van der Waals surface area (Å²) >= 11 is 0. The molecule has 0 saturated carbocycles. The van der Waals surface area contributed by atoms with Crippen molar-refractivity contribution in [2.75, 3.05) is 14.1 Å². The molecule has 1 aromatic rings. The van der Waals surface area contributed by atoms with Crippen molar-refractivity contribution in [2.24, 2.45) is 0 Å². The standard InChI is InChI=1S/C10H16N2/c1-4-10(12(2)3)9-6-5-7-11-8-9/h5-8,10H,4H2,1-3H3. The molecule has 2 heteroatoms. The summed E-state index contributed by atoms with van der Waals surface area (Å²) < 4.78 is 0. The van der Waals surface area contributed by atoms with Gasteiger partial charge >= 0.3 is 0 Å². The van der Waals surface area contributed by atoms with Gasteiger partial charge < -0.3 is 4.90 Å². The van der Waals surface area contributed by atoms with E-state index in [1.54, 1.807) is 0 Å². The van der Waals surface area contributed by atoms with Crippen LogP contribution in [0, 0.1) is 0 Å². The van der Waals surface area contributed by atoms with Crippen LogP contribution in [0.25, 0.3) is 0 Å². The van der Waals surface area contributed by atoms with Gasteiger partial charge in [-0.2, -0.15) is 0 Å². The summed E-state index contributed by atoms with van der Waals surface area (Å²) in [5.74, 6) is 0. The van der Waals surface area contributed by atoms with Crippen molar-refractivity contribution in [3.05, 3.63) is 30.1 Å². The monoisotopic (exact) mass is 164 g/mol. The summed E-state index contributed by atoms with van der Waals surface area (Å²) in [4.78, 5) is 6.33. The molecule has 2 nitrogen and oxygen atoms in total. The third-order valence-corrected chi connectivity index (χ3v) is 2.08. The Morgan fingerprint density at radius 1 is 1.50 bits per heavy atom. The highest BCUT2D eigenvalue weighted by atomic mass is 15.1. The Balaban J connectivity index is 2.80. The molecule has 0 aliphatic rings. The van der Waals surface area contributed by atoms with Crippen LogP contribution in [0.4, 0.5) is 0 Å². The molecule has 1 unspecified atom stereocenters. The van der Waals surface area contributed by atoms with E-state index in [4.69, 9.17) is 0 Å². The van der Waals surface area contributed by atoms with Crippen LogP contribution in [0.1, 0.15) is 24.9 Å². The second-order valence-corrected chi connectivity index (χ2v) is 3.17. The van der Waals surface area contributed by atoms with E-state index < -0.39 is 0 Å². The maximum atomic E-state index is 4.11. The largest absolute Gasteiger partial charge is 0.302 e. The van der Waals surface area contributed by atoms with Crippen LogP contribution in [0.5, 0.6) is 0 Å². The fourth-order valence-electron chi connectivity index (χ4n) is 1.47. The van der Waals surface area contributed by atoms with Crippen LogP contribution < -0.4 is 0 Å². The minimum absolute atomic E-state index is 0.499. The van der Waals surface area contributed by atoms with Gasteiger partial charge in [-0.05, 0) is 32.1 Å². The summed E-state index contributed by atoms with van der Waals surface area (Å²) in [6, 6.07) is 4.61. The molecule has 0 aliphatic heterocycles. The van der Waals surface area contributed by atoms with Crippen molar-refractivity contribution in [3.63, 3.8) is 0 Å². The molecule has 0 N–H and O–H groups in total. The van der Waals surface area contributed by atoms with Crippen molar-refractivity contribution < 1.29 is 0 Å². The third-order valence-electron chi connectivity index (χ3n) is 2.08. The molecule has 66 valence electrons. The zero-order valence-electron chi connectivity index (χ0n) is 7.99. The zero-order valence-corrected chi connectivity index (χ0v) is 7.99. The summed E-state index contributed by atoms with van der Waals surface area (Å²) in [7, 11) is 4.20. The Kier molecular flexibility index (Phi) is 3.23. The topological polar surface area (TPSA) is 16.1 Å². The highest BCUT2D eigenvalue weighted by Gasteiger charge is 2.10. The molecule has 0 fully saturated rings. The van der Waals surface area contributed by atoms with Crippen LogP contribution >= 0.6 is 0 Å². The van der Waals surface area contributed by atoms with E-state index in [0.29, 0.717) is 6.04 Å². The molecule has 0 radical (unpaired) electrons. The van der Waals surface area contributed by atoms with E-state index in [1.165, 1.54) is 5.56 Å². The van der Waals surface area contributed by atoms with Crippen molar-refractivity contribution in [2.45, 2.75) is 19.4 Å². The highest BCUT2D eigenvalue weighted by molar-refractivity contribution is 5.13. The first-order valence-electron chi connectivity index (χ1n) is 4.32. The van der Waals surface area contributed by atoms with E-state index in [1.807, 2.05) is 18.5 Å². The number of rotatable bonds is 3. The van der Waals surface area contributed by atoms with E-state index in [9.17, 15) is 0 Å². The zero-order chi connectivity index (χ0) is 8.97. The molecule has 0 bridgehead atoms.